The smallest absolute Gasteiger partial charge is 0.314 e. The summed E-state index contributed by atoms with van der Waals surface area (Å²) < 4.78 is 4.68. The van der Waals surface area contributed by atoms with E-state index in [1.54, 1.807) is 6.92 Å². The molecular formula is C10H11NO5. The van der Waals surface area contributed by atoms with E-state index in [4.69, 9.17) is 0 Å². The number of nitro benzene ring substituents is 1. The molecule has 1 N–H and O–H groups in total. The molecule has 0 spiro atoms. The van der Waals surface area contributed by atoms with Crippen molar-refractivity contribution in [2.75, 3.05) is 6.61 Å². The Kier molecular flexibility index (Phi) is 3.82. The average molecular weight is 225 g/mol. The zero-order valence-electron chi connectivity index (χ0n) is 8.67. The number of esters is 1. The van der Waals surface area contributed by atoms with Crippen LogP contribution in [0.15, 0.2) is 18.2 Å². The van der Waals surface area contributed by atoms with Gasteiger partial charge in [-0.1, -0.05) is 12.1 Å². The van der Waals surface area contributed by atoms with Crippen molar-refractivity contribution in [1.82, 2.24) is 0 Å². The molecule has 1 rings (SSSR count). The molecule has 0 radical (unpaired) electrons. The number of carbonyl (C=O) groups excluding carboxylic acids is 1. The highest BCUT2D eigenvalue weighted by Crippen LogP contribution is 2.29. The number of nitro groups is 1. The fourth-order valence-corrected chi connectivity index (χ4v) is 1.30. The summed E-state index contributed by atoms with van der Waals surface area (Å²) in [6.45, 7) is 1.86. The van der Waals surface area contributed by atoms with E-state index in [0.717, 1.165) is 0 Å². The first-order chi connectivity index (χ1) is 7.56. The number of hydrogen-bond acceptors (Lipinski definition) is 5. The van der Waals surface area contributed by atoms with Crippen molar-refractivity contribution in [3.63, 3.8) is 0 Å². The van der Waals surface area contributed by atoms with Crippen molar-refractivity contribution in [2.45, 2.75) is 13.3 Å². The van der Waals surface area contributed by atoms with E-state index < -0.39 is 22.3 Å². The highest BCUT2D eigenvalue weighted by atomic mass is 16.6. The molecule has 0 atom stereocenters. The number of hydrogen-bond donors (Lipinski definition) is 1. The second-order valence-electron chi connectivity index (χ2n) is 3.02. The van der Waals surface area contributed by atoms with Crippen molar-refractivity contribution < 1.29 is 19.6 Å². The maximum absolute atomic E-state index is 11.2. The van der Waals surface area contributed by atoms with Gasteiger partial charge < -0.3 is 9.84 Å². The lowest BCUT2D eigenvalue weighted by molar-refractivity contribution is -0.386. The number of phenolic OH excluding ortho intramolecular Hbond substituents is 1. The topological polar surface area (TPSA) is 89.7 Å². The Labute approximate surface area is 91.6 Å². The van der Waals surface area contributed by atoms with E-state index in [2.05, 4.69) is 4.74 Å². The third kappa shape index (κ3) is 2.69. The predicted octanol–water partition coefficient (Wildman–Crippen LogP) is 1.41. The van der Waals surface area contributed by atoms with Crippen molar-refractivity contribution in [2.24, 2.45) is 0 Å². The summed E-state index contributed by atoms with van der Waals surface area (Å²) in [6.07, 6.45) is -0.224. The summed E-state index contributed by atoms with van der Waals surface area (Å²) >= 11 is 0. The number of phenols is 1. The van der Waals surface area contributed by atoms with E-state index in [1.165, 1.54) is 18.2 Å². The SMILES string of the molecule is CCOC(=O)Cc1cccc(O)c1[N+](=O)[O-]. The molecule has 0 aromatic heterocycles. The van der Waals surface area contributed by atoms with Gasteiger partial charge in [0.05, 0.1) is 18.0 Å². The van der Waals surface area contributed by atoms with Crippen LogP contribution in [0.5, 0.6) is 5.75 Å². The molecule has 0 aliphatic rings. The lowest BCUT2D eigenvalue weighted by Gasteiger charge is -2.04. The van der Waals surface area contributed by atoms with Gasteiger partial charge in [0, 0.05) is 5.56 Å². The number of para-hydroxylation sites is 1. The van der Waals surface area contributed by atoms with Gasteiger partial charge in [0.25, 0.3) is 0 Å². The summed E-state index contributed by atoms with van der Waals surface area (Å²) in [5, 5.41) is 20.0. The van der Waals surface area contributed by atoms with Crippen molar-refractivity contribution in [1.29, 1.82) is 0 Å². The van der Waals surface area contributed by atoms with Crippen molar-refractivity contribution in [3.8, 4) is 5.75 Å². The van der Waals surface area contributed by atoms with Crippen LogP contribution in [0.3, 0.4) is 0 Å². The fraction of sp³-hybridized carbons (Fsp3) is 0.300. The molecule has 6 nitrogen and oxygen atoms in total. The molecule has 0 aliphatic heterocycles. The third-order valence-electron chi connectivity index (χ3n) is 1.92. The van der Waals surface area contributed by atoms with E-state index in [0.29, 0.717) is 0 Å². The lowest BCUT2D eigenvalue weighted by atomic mass is 10.1. The molecule has 0 heterocycles. The summed E-state index contributed by atoms with van der Waals surface area (Å²) in [5.74, 6) is -1.01. The van der Waals surface area contributed by atoms with E-state index >= 15 is 0 Å². The number of rotatable bonds is 4. The van der Waals surface area contributed by atoms with Gasteiger partial charge in [-0.25, -0.2) is 0 Å². The number of carbonyl (C=O) groups is 1. The monoisotopic (exact) mass is 225 g/mol. The molecule has 0 aliphatic carbocycles. The van der Waals surface area contributed by atoms with Crippen LogP contribution in [0.25, 0.3) is 0 Å². The standard InChI is InChI=1S/C10H11NO5/c1-2-16-9(13)6-7-4-3-5-8(12)10(7)11(14)15/h3-5,12H,2,6H2,1H3. The van der Waals surface area contributed by atoms with Gasteiger partial charge in [-0.2, -0.15) is 0 Å². The van der Waals surface area contributed by atoms with Gasteiger partial charge in [-0.05, 0) is 13.0 Å². The van der Waals surface area contributed by atoms with Crippen LogP contribution in [0, 0.1) is 10.1 Å². The lowest BCUT2D eigenvalue weighted by Crippen LogP contribution is -2.09. The highest BCUT2D eigenvalue weighted by molar-refractivity contribution is 5.75. The molecule has 0 unspecified atom stereocenters. The van der Waals surface area contributed by atoms with Gasteiger partial charge in [0.2, 0.25) is 0 Å². The molecule has 16 heavy (non-hydrogen) atoms. The van der Waals surface area contributed by atoms with Crippen LogP contribution >= 0.6 is 0 Å². The molecule has 0 amide bonds. The van der Waals surface area contributed by atoms with Crippen LogP contribution in [0.1, 0.15) is 12.5 Å². The molecule has 6 heteroatoms. The van der Waals surface area contributed by atoms with Gasteiger partial charge >= 0.3 is 11.7 Å². The van der Waals surface area contributed by atoms with Gasteiger partial charge in [0.15, 0.2) is 5.75 Å². The van der Waals surface area contributed by atoms with Gasteiger partial charge in [0.1, 0.15) is 0 Å². The molecule has 1 aromatic rings. The van der Waals surface area contributed by atoms with Crippen LogP contribution in [-0.4, -0.2) is 22.6 Å². The minimum absolute atomic E-state index is 0.142. The number of aromatic hydroxyl groups is 1. The van der Waals surface area contributed by atoms with E-state index in [1.807, 2.05) is 0 Å². The fourth-order valence-electron chi connectivity index (χ4n) is 1.30. The highest BCUT2D eigenvalue weighted by Gasteiger charge is 2.21. The molecule has 0 saturated carbocycles. The maximum Gasteiger partial charge on any atom is 0.314 e. The van der Waals surface area contributed by atoms with Gasteiger partial charge in [-0.15, -0.1) is 0 Å². The molecule has 0 fully saturated rings. The first-order valence-corrected chi connectivity index (χ1v) is 4.67. The predicted molar refractivity (Wildman–Crippen MR) is 55.1 cm³/mol. The Morgan fingerprint density at radius 2 is 2.25 bits per heavy atom. The van der Waals surface area contributed by atoms with Crippen molar-refractivity contribution >= 4 is 11.7 Å². The normalized spacial score (nSPS) is 9.81. The zero-order valence-corrected chi connectivity index (χ0v) is 8.67. The zero-order chi connectivity index (χ0) is 12.1. The molecule has 1 aromatic carbocycles. The Morgan fingerprint density at radius 1 is 1.56 bits per heavy atom. The number of benzene rings is 1. The van der Waals surface area contributed by atoms with Crippen LogP contribution in [0.2, 0.25) is 0 Å². The second-order valence-corrected chi connectivity index (χ2v) is 3.02. The van der Waals surface area contributed by atoms with Crippen molar-refractivity contribution in [3.05, 3.63) is 33.9 Å². The first kappa shape index (κ1) is 12.0. The average Bonchev–Trinajstić information content (AvgIpc) is 2.17. The molecule has 0 saturated heterocycles. The number of nitrogens with zero attached hydrogens (tertiary/aromatic N) is 1. The minimum atomic E-state index is -0.718. The molecule has 86 valence electrons. The van der Waals surface area contributed by atoms with E-state index in [9.17, 15) is 20.0 Å². The summed E-state index contributed by atoms with van der Waals surface area (Å²) in [4.78, 5) is 21.1. The third-order valence-corrected chi connectivity index (χ3v) is 1.92. The van der Waals surface area contributed by atoms with E-state index in [-0.39, 0.29) is 18.6 Å². The Balaban J connectivity index is 3.00. The molecular weight excluding hydrogens is 214 g/mol. The number of ether oxygens (including phenoxy) is 1. The van der Waals surface area contributed by atoms with Gasteiger partial charge in [-0.3, -0.25) is 14.9 Å². The Hall–Kier alpha value is -2.11. The largest absolute Gasteiger partial charge is 0.502 e. The van der Waals surface area contributed by atoms with Crippen LogP contribution < -0.4 is 0 Å². The first-order valence-electron chi connectivity index (χ1n) is 4.67. The second kappa shape index (κ2) is 5.11. The quantitative estimate of drug-likeness (QED) is 0.475. The Morgan fingerprint density at radius 3 is 2.81 bits per heavy atom. The summed E-state index contributed by atoms with van der Waals surface area (Å²) in [7, 11) is 0. The Bertz CT molecular complexity index is 416. The van der Waals surface area contributed by atoms with Crippen LogP contribution in [0.4, 0.5) is 5.69 Å². The minimum Gasteiger partial charge on any atom is -0.502 e. The van der Waals surface area contributed by atoms with Crippen LogP contribution in [-0.2, 0) is 16.0 Å². The molecule has 0 bridgehead atoms. The maximum atomic E-state index is 11.2. The summed E-state index contributed by atoms with van der Waals surface area (Å²) in [6, 6.07) is 4.05. The summed E-state index contributed by atoms with van der Waals surface area (Å²) in [5.41, 5.74) is -0.306.